The van der Waals surface area contributed by atoms with Crippen molar-refractivity contribution < 1.29 is 70.0 Å². The number of aliphatic hydroxyl groups excluding tert-OH is 2. The molecule has 1 saturated heterocycles. The predicted octanol–water partition coefficient (Wildman–Crippen LogP) is -2.55. The number of carboxylic acid groups (broad SMARTS) is 2. The van der Waals surface area contributed by atoms with Crippen LogP contribution in [-0.2, 0) is 9.59 Å². The molecule has 0 aromatic rings. The van der Waals surface area contributed by atoms with E-state index in [9.17, 15) is 19.8 Å². The van der Waals surface area contributed by atoms with Crippen molar-refractivity contribution in [3.05, 3.63) is 0 Å². The number of carbonyl (C=O) groups is 2. The molecule has 1 fully saturated rings. The molecule has 27 heavy (non-hydrogen) atoms. The van der Waals surface area contributed by atoms with Gasteiger partial charge < -0.3 is 31.1 Å². The summed E-state index contributed by atoms with van der Waals surface area (Å²) in [5.74, 6) is -1.88. The first-order chi connectivity index (χ1) is 12.5. The average Bonchev–Trinajstić information content (AvgIpc) is 2.58. The van der Waals surface area contributed by atoms with E-state index in [0.29, 0.717) is 52.4 Å². The summed E-state index contributed by atoms with van der Waals surface area (Å²) < 4.78 is 0. The van der Waals surface area contributed by atoms with Crippen molar-refractivity contribution in [2.45, 2.75) is 24.9 Å². The van der Waals surface area contributed by atoms with Crippen LogP contribution in [0.4, 0.5) is 0 Å². The summed E-state index contributed by atoms with van der Waals surface area (Å²) in [6.07, 6.45) is 0.370. The van der Waals surface area contributed by atoms with Gasteiger partial charge >= 0.3 is 11.9 Å². The van der Waals surface area contributed by atoms with Crippen LogP contribution in [0.15, 0.2) is 0 Å². The third-order valence-electron chi connectivity index (χ3n) is 4.56. The van der Waals surface area contributed by atoms with E-state index < -0.39 is 24.0 Å². The Hall–Kier alpha value is 0.0247. The summed E-state index contributed by atoms with van der Waals surface area (Å²) >= 11 is 0. The van der Waals surface area contributed by atoms with E-state index in [4.69, 9.17) is 10.2 Å². The van der Waals surface area contributed by atoms with E-state index in [0.717, 1.165) is 0 Å². The molecule has 0 saturated carbocycles. The number of carboxylic acids is 2. The summed E-state index contributed by atoms with van der Waals surface area (Å²) in [6.45, 7) is 4.03. The standard InChI is InChI=1S/C16H32N4O6.Gd/c21-11-1-13(15(23)24)19-7-3-17-5-9-20(10-6-18-4-8-19)14(2-12-22)16(25)26;/h13-14,17-18,21-22H,1-12H2,(H,23,24)(H,25,26);. The van der Waals surface area contributed by atoms with Crippen molar-refractivity contribution >= 4 is 11.9 Å². The minimum Gasteiger partial charge on any atom is -0.480 e. The molecule has 11 heteroatoms. The fourth-order valence-corrected chi connectivity index (χ4v) is 3.16. The quantitative estimate of drug-likeness (QED) is 0.197. The Morgan fingerprint density at radius 2 is 1.04 bits per heavy atom. The Morgan fingerprint density at radius 1 is 0.741 bits per heavy atom. The van der Waals surface area contributed by atoms with Gasteiger partial charge in [0.25, 0.3) is 0 Å². The molecule has 160 valence electrons. The second kappa shape index (κ2) is 15.9. The topological polar surface area (TPSA) is 146 Å². The third kappa shape index (κ3) is 10.4. The van der Waals surface area contributed by atoms with Crippen LogP contribution < -0.4 is 10.6 Å². The molecule has 2 unspecified atom stereocenters. The van der Waals surface area contributed by atoms with E-state index in [-0.39, 0.29) is 66.0 Å². The number of hydrogen-bond acceptors (Lipinski definition) is 8. The van der Waals surface area contributed by atoms with Gasteiger partial charge in [0, 0.05) is 106 Å². The predicted molar refractivity (Wildman–Crippen MR) is 95.1 cm³/mol. The summed E-state index contributed by atoms with van der Waals surface area (Å²) in [7, 11) is 0. The molecule has 10 nitrogen and oxygen atoms in total. The number of nitrogens with one attached hydrogen (secondary N) is 2. The minimum absolute atomic E-state index is 0. The molecule has 1 aliphatic heterocycles. The molecule has 1 rings (SSSR count). The Labute approximate surface area is 192 Å². The number of aliphatic carboxylic acids is 2. The number of rotatable bonds is 8. The average molecular weight is 534 g/mol. The van der Waals surface area contributed by atoms with Gasteiger partial charge in [-0.15, -0.1) is 0 Å². The van der Waals surface area contributed by atoms with Gasteiger partial charge in [-0.1, -0.05) is 0 Å². The summed E-state index contributed by atoms with van der Waals surface area (Å²) in [5, 5.41) is 43.4. The Bertz CT molecular complexity index is 382. The molecular weight excluding hydrogens is 501 g/mol. The first kappa shape index (κ1) is 27.0. The van der Waals surface area contributed by atoms with Gasteiger partial charge in [0.2, 0.25) is 0 Å². The van der Waals surface area contributed by atoms with Gasteiger partial charge in [0.15, 0.2) is 0 Å². The second-order valence-corrected chi connectivity index (χ2v) is 6.30. The van der Waals surface area contributed by atoms with Crippen molar-refractivity contribution in [1.29, 1.82) is 0 Å². The van der Waals surface area contributed by atoms with Gasteiger partial charge in [0.05, 0.1) is 0 Å². The van der Waals surface area contributed by atoms with Crippen molar-refractivity contribution in [1.82, 2.24) is 20.4 Å². The summed E-state index contributed by atoms with van der Waals surface area (Å²) in [6, 6.07) is -1.44. The van der Waals surface area contributed by atoms with Gasteiger partial charge in [0.1, 0.15) is 12.1 Å². The molecule has 0 aromatic carbocycles. The van der Waals surface area contributed by atoms with Crippen LogP contribution in [0.1, 0.15) is 12.8 Å². The van der Waals surface area contributed by atoms with Crippen molar-refractivity contribution in [3.63, 3.8) is 0 Å². The normalized spacial score (nSPS) is 20.5. The van der Waals surface area contributed by atoms with Gasteiger partial charge in [-0.05, 0) is 12.8 Å². The van der Waals surface area contributed by atoms with Crippen LogP contribution in [-0.4, -0.2) is 120 Å². The van der Waals surface area contributed by atoms with Crippen LogP contribution in [0.5, 0.6) is 0 Å². The minimum atomic E-state index is -0.939. The molecule has 1 heterocycles. The zero-order chi connectivity index (χ0) is 19.4. The Kier molecular flexibility index (Phi) is 15.9. The molecule has 1 aliphatic rings. The van der Waals surface area contributed by atoms with E-state index in [1.165, 1.54) is 0 Å². The van der Waals surface area contributed by atoms with Crippen LogP contribution in [0.2, 0.25) is 0 Å². The molecule has 6 N–H and O–H groups in total. The van der Waals surface area contributed by atoms with Crippen LogP contribution in [0.25, 0.3) is 0 Å². The molecule has 0 bridgehead atoms. The molecule has 2 atom stereocenters. The number of hydrogen-bond donors (Lipinski definition) is 6. The fourth-order valence-electron chi connectivity index (χ4n) is 3.16. The molecular formula is C16H32GdN4O6. The van der Waals surface area contributed by atoms with Gasteiger partial charge in [-0.2, -0.15) is 0 Å². The van der Waals surface area contributed by atoms with Crippen LogP contribution in [0.3, 0.4) is 0 Å². The van der Waals surface area contributed by atoms with E-state index in [2.05, 4.69) is 10.6 Å². The van der Waals surface area contributed by atoms with Crippen LogP contribution in [0, 0.1) is 39.9 Å². The molecule has 0 amide bonds. The van der Waals surface area contributed by atoms with Crippen molar-refractivity contribution in [2.75, 3.05) is 65.6 Å². The first-order valence-corrected chi connectivity index (χ1v) is 9.08. The molecule has 0 aromatic heterocycles. The number of nitrogens with zero attached hydrogens (tertiary/aromatic N) is 2. The maximum Gasteiger partial charge on any atom is 0.321 e. The molecule has 0 aliphatic carbocycles. The maximum absolute atomic E-state index is 11.4. The van der Waals surface area contributed by atoms with Crippen molar-refractivity contribution in [2.24, 2.45) is 0 Å². The summed E-state index contributed by atoms with van der Waals surface area (Å²) in [5.41, 5.74) is 0. The summed E-state index contributed by atoms with van der Waals surface area (Å²) in [4.78, 5) is 26.5. The second-order valence-electron chi connectivity index (χ2n) is 6.30. The Morgan fingerprint density at radius 3 is 1.26 bits per heavy atom. The first-order valence-electron chi connectivity index (χ1n) is 9.08. The number of aliphatic hydroxyl groups is 2. The third-order valence-corrected chi connectivity index (χ3v) is 4.56. The van der Waals surface area contributed by atoms with Gasteiger partial charge in [-0.25, -0.2) is 0 Å². The largest absolute Gasteiger partial charge is 0.480 e. The smallest absolute Gasteiger partial charge is 0.321 e. The zero-order valence-electron chi connectivity index (χ0n) is 15.5. The fraction of sp³-hybridized carbons (Fsp3) is 0.875. The van der Waals surface area contributed by atoms with E-state index >= 15 is 0 Å². The zero-order valence-corrected chi connectivity index (χ0v) is 17.8. The molecule has 0 radical (unpaired) electrons. The van der Waals surface area contributed by atoms with Crippen molar-refractivity contribution in [3.8, 4) is 0 Å². The molecule has 0 spiro atoms. The Balaban J connectivity index is 0.00000676. The van der Waals surface area contributed by atoms with Gasteiger partial charge in [-0.3, -0.25) is 19.4 Å². The van der Waals surface area contributed by atoms with Crippen LogP contribution >= 0.6 is 0 Å². The SMILES string of the molecule is O=C(O)C(CCO)N1CCNCCN(C(CCO)C(=O)O)CCNCC1.[Gd]. The van der Waals surface area contributed by atoms with E-state index in [1.807, 2.05) is 9.80 Å². The maximum atomic E-state index is 11.4. The van der Waals surface area contributed by atoms with E-state index in [1.54, 1.807) is 0 Å². The monoisotopic (exact) mass is 534 g/mol.